The van der Waals surface area contributed by atoms with Gasteiger partial charge in [-0.15, -0.1) is 0 Å². The third-order valence-corrected chi connectivity index (χ3v) is 7.47. The van der Waals surface area contributed by atoms with Crippen molar-refractivity contribution in [1.29, 1.82) is 0 Å². The van der Waals surface area contributed by atoms with Crippen LogP contribution in [0.3, 0.4) is 0 Å². The van der Waals surface area contributed by atoms with Gasteiger partial charge in [-0.05, 0) is 37.7 Å². The number of carboxylic acid groups (broad SMARTS) is 1. The summed E-state index contributed by atoms with van der Waals surface area (Å²) in [6.45, 7) is 0.722. The molecule has 1 aliphatic carbocycles. The van der Waals surface area contributed by atoms with Crippen LogP contribution in [0.15, 0.2) is 42.5 Å². The fraction of sp³-hybridized carbons (Fsp3) is 0.643. The molecule has 7 nitrogen and oxygen atoms in total. The highest BCUT2D eigenvalue weighted by atomic mass is 16.7. The standard InChI is InChI=1S/C28H38O7/c1-32-28(15-7-5-11-26(30)31)19-23-22(24(29)18-25(23)35-28)14-13-21(17-20-9-3-2-4-10-20)34-27-12-6-8-16-33-27/h2-4,9-10,13-14,21-23,25,27H,5-8,11-12,15-19H2,1H3,(H,30,31)/b14-13+/t21-,22-,23-,25-,27?,28?/m1/s1. The van der Waals surface area contributed by atoms with Crippen LogP contribution < -0.4 is 0 Å². The lowest BCUT2D eigenvalue weighted by molar-refractivity contribution is -0.216. The number of hydrogen-bond donors (Lipinski definition) is 1. The van der Waals surface area contributed by atoms with Crippen molar-refractivity contribution in [3.05, 3.63) is 48.0 Å². The summed E-state index contributed by atoms with van der Waals surface area (Å²) in [6.07, 6.45) is 10.4. The number of fused-ring (bicyclic) bond motifs is 1. The predicted octanol–water partition coefficient (Wildman–Crippen LogP) is 4.68. The first-order valence-electron chi connectivity index (χ1n) is 12.9. The third-order valence-electron chi connectivity index (χ3n) is 7.47. The van der Waals surface area contributed by atoms with Gasteiger partial charge in [0.1, 0.15) is 5.78 Å². The van der Waals surface area contributed by atoms with E-state index >= 15 is 0 Å². The highest BCUT2D eigenvalue weighted by molar-refractivity contribution is 5.86. The zero-order chi connectivity index (χ0) is 24.7. The quantitative estimate of drug-likeness (QED) is 0.339. The Balaban J connectivity index is 1.41. The van der Waals surface area contributed by atoms with Crippen LogP contribution in [0.5, 0.6) is 0 Å². The first-order chi connectivity index (χ1) is 17.0. The van der Waals surface area contributed by atoms with Crippen LogP contribution >= 0.6 is 0 Å². The second-order valence-corrected chi connectivity index (χ2v) is 9.98. The topological polar surface area (TPSA) is 91.3 Å². The van der Waals surface area contributed by atoms with Crippen molar-refractivity contribution in [3.63, 3.8) is 0 Å². The largest absolute Gasteiger partial charge is 0.481 e. The number of carbonyl (C=O) groups excluding carboxylic acids is 1. The van der Waals surface area contributed by atoms with Gasteiger partial charge in [0, 0.05) is 57.7 Å². The summed E-state index contributed by atoms with van der Waals surface area (Å²) in [4.78, 5) is 23.7. The van der Waals surface area contributed by atoms with Gasteiger partial charge in [0.05, 0.1) is 12.2 Å². The van der Waals surface area contributed by atoms with Crippen molar-refractivity contribution >= 4 is 11.8 Å². The summed E-state index contributed by atoms with van der Waals surface area (Å²) in [5.41, 5.74) is 1.18. The van der Waals surface area contributed by atoms with Gasteiger partial charge in [0.2, 0.25) is 0 Å². The second kappa shape index (κ2) is 12.3. The summed E-state index contributed by atoms with van der Waals surface area (Å²) in [5, 5.41) is 8.90. The molecule has 0 spiro atoms. The Morgan fingerprint density at radius 3 is 2.80 bits per heavy atom. The van der Waals surface area contributed by atoms with Crippen molar-refractivity contribution in [3.8, 4) is 0 Å². The SMILES string of the molecule is COC1(CCCCC(=O)O)C[C@H]2[C@@H](CC(=O)[C@@H]2/C=C/[C@H](Cc2ccccc2)OC2CCCCO2)O1. The average molecular weight is 487 g/mol. The maximum atomic E-state index is 12.9. The Labute approximate surface area is 207 Å². The number of carboxylic acids is 1. The van der Waals surface area contributed by atoms with Gasteiger partial charge in [0.15, 0.2) is 12.1 Å². The van der Waals surface area contributed by atoms with Crippen molar-refractivity contribution in [1.82, 2.24) is 0 Å². The van der Waals surface area contributed by atoms with Gasteiger partial charge in [0.25, 0.3) is 0 Å². The van der Waals surface area contributed by atoms with Crippen molar-refractivity contribution < 1.29 is 33.6 Å². The van der Waals surface area contributed by atoms with Gasteiger partial charge < -0.3 is 24.1 Å². The molecule has 6 atom stereocenters. The Kier molecular flexibility index (Phi) is 9.11. The normalized spacial score (nSPS) is 31.6. The first kappa shape index (κ1) is 26.0. The third kappa shape index (κ3) is 7.00. The number of ether oxygens (including phenoxy) is 4. The van der Waals surface area contributed by atoms with Crippen LogP contribution in [-0.4, -0.2) is 54.9 Å². The summed E-state index contributed by atoms with van der Waals surface area (Å²) < 4.78 is 24.2. The molecule has 35 heavy (non-hydrogen) atoms. The molecule has 2 unspecified atom stereocenters. The van der Waals surface area contributed by atoms with E-state index in [0.29, 0.717) is 38.5 Å². The van der Waals surface area contributed by atoms with E-state index in [2.05, 4.69) is 12.1 Å². The number of ketones is 1. The maximum absolute atomic E-state index is 12.9. The lowest BCUT2D eigenvalue weighted by Gasteiger charge is -2.28. The van der Waals surface area contributed by atoms with Crippen LogP contribution in [0, 0.1) is 11.8 Å². The molecule has 4 rings (SSSR count). The van der Waals surface area contributed by atoms with E-state index in [9.17, 15) is 9.59 Å². The number of methoxy groups -OCH3 is 1. The zero-order valence-corrected chi connectivity index (χ0v) is 20.6. The van der Waals surface area contributed by atoms with Gasteiger partial charge >= 0.3 is 5.97 Å². The smallest absolute Gasteiger partial charge is 0.303 e. The minimum Gasteiger partial charge on any atom is -0.481 e. The highest BCUT2D eigenvalue weighted by Crippen LogP contribution is 2.48. The van der Waals surface area contributed by atoms with E-state index in [4.69, 9.17) is 24.1 Å². The number of allylic oxidation sites excluding steroid dienone is 1. The second-order valence-electron chi connectivity index (χ2n) is 9.98. The Morgan fingerprint density at radius 2 is 2.09 bits per heavy atom. The summed E-state index contributed by atoms with van der Waals surface area (Å²) >= 11 is 0. The molecule has 3 fully saturated rings. The minimum absolute atomic E-state index is 0.0569. The number of unbranched alkanes of at least 4 members (excludes halogenated alkanes) is 1. The number of aliphatic carboxylic acids is 1. The van der Waals surface area contributed by atoms with Gasteiger partial charge in [-0.1, -0.05) is 42.5 Å². The molecule has 2 heterocycles. The number of carbonyl (C=O) groups is 2. The van der Waals surface area contributed by atoms with Crippen molar-refractivity contribution in [2.75, 3.05) is 13.7 Å². The zero-order valence-electron chi connectivity index (χ0n) is 20.6. The minimum atomic E-state index is -0.789. The molecule has 1 aromatic rings. The van der Waals surface area contributed by atoms with Gasteiger partial charge in [-0.2, -0.15) is 0 Å². The molecule has 7 heteroatoms. The first-order valence-corrected chi connectivity index (χ1v) is 12.9. The molecule has 2 saturated heterocycles. The van der Waals surface area contributed by atoms with Crippen LogP contribution in [0.2, 0.25) is 0 Å². The molecule has 0 radical (unpaired) electrons. The number of hydrogen-bond acceptors (Lipinski definition) is 6. The molecule has 192 valence electrons. The Hall–Kier alpha value is -2.06. The molecular formula is C28H38O7. The van der Waals surface area contributed by atoms with Crippen molar-refractivity contribution in [2.45, 2.75) is 88.5 Å². The molecule has 0 aromatic heterocycles. The molecule has 1 N–H and O–H groups in total. The molecular weight excluding hydrogens is 448 g/mol. The highest BCUT2D eigenvalue weighted by Gasteiger charge is 2.54. The molecule has 1 saturated carbocycles. The van der Waals surface area contributed by atoms with E-state index in [-0.39, 0.29) is 42.5 Å². The molecule has 0 bridgehead atoms. The van der Waals surface area contributed by atoms with Crippen molar-refractivity contribution in [2.24, 2.45) is 11.8 Å². The molecule has 0 amide bonds. The number of Topliss-reactive ketones (excluding diaryl/α,β-unsaturated/α-hetero) is 1. The lowest BCUT2D eigenvalue weighted by atomic mass is 9.88. The Morgan fingerprint density at radius 1 is 1.26 bits per heavy atom. The van der Waals surface area contributed by atoms with Gasteiger partial charge in [-0.3, -0.25) is 9.59 Å². The van der Waals surface area contributed by atoms with E-state index in [1.165, 1.54) is 5.56 Å². The van der Waals surface area contributed by atoms with Gasteiger partial charge in [-0.25, -0.2) is 0 Å². The average Bonchev–Trinajstić information content (AvgIpc) is 3.35. The fourth-order valence-electron chi connectivity index (χ4n) is 5.61. The van der Waals surface area contributed by atoms with E-state index in [1.54, 1.807) is 7.11 Å². The van der Waals surface area contributed by atoms with E-state index < -0.39 is 11.8 Å². The number of benzene rings is 1. The molecule has 1 aromatic carbocycles. The van der Waals surface area contributed by atoms with Crippen LogP contribution in [0.25, 0.3) is 0 Å². The monoisotopic (exact) mass is 486 g/mol. The Bertz CT molecular complexity index is 863. The van der Waals surface area contributed by atoms with E-state index in [0.717, 1.165) is 25.9 Å². The number of rotatable bonds is 12. The lowest BCUT2D eigenvalue weighted by Crippen LogP contribution is -2.32. The summed E-state index contributed by atoms with van der Waals surface area (Å²) in [6, 6.07) is 10.2. The maximum Gasteiger partial charge on any atom is 0.303 e. The fourth-order valence-corrected chi connectivity index (χ4v) is 5.61. The van der Waals surface area contributed by atoms with E-state index in [1.807, 2.05) is 30.4 Å². The molecule has 2 aliphatic heterocycles. The van der Waals surface area contributed by atoms with Crippen LogP contribution in [0.4, 0.5) is 0 Å². The van der Waals surface area contributed by atoms with Crippen LogP contribution in [-0.2, 0) is 35.0 Å². The summed E-state index contributed by atoms with van der Waals surface area (Å²) in [7, 11) is 1.64. The summed E-state index contributed by atoms with van der Waals surface area (Å²) in [5.74, 6) is -1.51. The predicted molar refractivity (Wildman–Crippen MR) is 130 cm³/mol. The van der Waals surface area contributed by atoms with Crippen LogP contribution in [0.1, 0.15) is 63.4 Å². The molecule has 3 aliphatic rings.